The summed E-state index contributed by atoms with van der Waals surface area (Å²) in [4.78, 5) is 14.6. The summed E-state index contributed by atoms with van der Waals surface area (Å²) in [5.41, 5.74) is 1.83. The maximum absolute atomic E-state index is 12.9. The summed E-state index contributed by atoms with van der Waals surface area (Å²) in [5, 5.41) is 0. The van der Waals surface area contributed by atoms with Crippen LogP contribution in [0.1, 0.15) is 11.5 Å². The Hall–Kier alpha value is -2.37. The van der Waals surface area contributed by atoms with Crippen molar-refractivity contribution < 1.29 is 19.0 Å². The second-order valence-corrected chi connectivity index (χ2v) is 5.90. The van der Waals surface area contributed by atoms with Gasteiger partial charge in [0.15, 0.2) is 6.29 Å². The van der Waals surface area contributed by atoms with Crippen molar-refractivity contribution in [2.75, 3.05) is 25.2 Å². The molecule has 5 heteroatoms. The maximum Gasteiger partial charge on any atom is 0.237 e. The van der Waals surface area contributed by atoms with E-state index >= 15 is 0 Å². The Bertz CT molecular complexity index is 710. The Morgan fingerprint density at radius 3 is 2.29 bits per heavy atom. The van der Waals surface area contributed by atoms with Crippen LogP contribution in [-0.2, 0) is 14.3 Å². The van der Waals surface area contributed by atoms with Crippen molar-refractivity contribution in [3.05, 3.63) is 60.2 Å². The summed E-state index contributed by atoms with van der Waals surface area (Å²) in [6, 6.07) is 17.1. The van der Waals surface area contributed by atoms with Gasteiger partial charge in [-0.15, -0.1) is 0 Å². The first-order valence-electron chi connectivity index (χ1n) is 8.05. The minimum Gasteiger partial charge on any atom is -0.497 e. The monoisotopic (exact) mass is 325 g/mol. The number of ether oxygens (including phenoxy) is 3. The highest BCUT2D eigenvalue weighted by atomic mass is 16.7. The summed E-state index contributed by atoms with van der Waals surface area (Å²) in [6.07, 6.45) is -0.394. The van der Waals surface area contributed by atoms with Crippen LogP contribution >= 0.6 is 0 Å². The number of methoxy groups -OCH3 is 1. The second kappa shape index (κ2) is 6.26. The molecule has 2 atom stereocenters. The number of amides is 1. The number of nitrogens with zero attached hydrogens (tertiary/aromatic N) is 1. The lowest BCUT2D eigenvalue weighted by Gasteiger charge is -2.49. The molecule has 5 nitrogen and oxygen atoms in total. The number of benzene rings is 2. The first-order valence-corrected chi connectivity index (χ1v) is 8.05. The lowest BCUT2D eigenvalue weighted by molar-refractivity contribution is -0.138. The van der Waals surface area contributed by atoms with Gasteiger partial charge in [-0.3, -0.25) is 4.79 Å². The minimum absolute atomic E-state index is 0.0652. The Kier molecular flexibility index (Phi) is 3.96. The maximum atomic E-state index is 12.9. The molecule has 2 aromatic carbocycles. The summed E-state index contributed by atoms with van der Waals surface area (Å²) in [7, 11) is 1.62. The fourth-order valence-corrected chi connectivity index (χ4v) is 3.40. The van der Waals surface area contributed by atoms with Crippen molar-refractivity contribution in [3.63, 3.8) is 0 Å². The van der Waals surface area contributed by atoms with E-state index in [1.807, 2.05) is 54.6 Å². The van der Waals surface area contributed by atoms with Crippen LogP contribution in [0.4, 0.5) is 5.69 Å². The number of hydrogen-bond acceptors (Lipinski definition) is 4. The van der Waals surface area contributed by atoms with Crippen LogP contribution in [0.25, 0.3) is 0 Å². The predicted molar refractivity (Wildman–Crippen MR) is 89.1 cm³/mol. The third-order valence-corrected chi connectivity index (χ3v) is 4.58. The average Bonchev–Trinajstić information content (AvgIpc) is 3.15. The predicted octanol–water partition coefficient (Wildman–Crippen LogP) is 2.57. The molecule has 2 aliphatic heterocycles. The van der Waals surface area contributed by atoms with Gasteiger partial charge in [0, 0.05) is 5.69 Å². The molecule has 0 aromatic heterocycles. The molecular weight excluding hydrogens is 306 g/mol. The van der Waals surface area contributed by atoms with Gasteiger partial charge in [0.1, 0.15) is 11.8 Å². The van der Waals surface area contributed by atoms with Crippen LogP contribution < -0.4 is 9.64 Å². The second-order valence-electron chi connectivity index (χ2n) is 5.90. The van der Waals surface area contributed by atoms with Gasteiger partial charge < -0.3 is 19.1 Å². The van der Waals surface area contributed by atoms with E-state index in [2.05, 4.69) is 0 Å². The molecule has 2 heterocycles. The van der Waals surface area contributed by atoms with Crippen LogP contribution in [0.3, 0.4) is 0 Å². The van der Waals surface area contributed by atoms with Crippen molar-refractivity contribution in [2.45, 2.75) is 18.2 Å². The van der Waals surface area contributed by atoms with Gasteiger partial charge in [0.2, 0.25) is 5.91 Å². The van der Waals surface area contributed by atoms with Gasteiger partial charge in [-0.1, -0.05) is 30.3 Å². The zero-order valence-corrected chi connectivity index (χ0v) is 13.4. The van der Waals surface area contributed by atoms with Gasteiger partial charge in [-0.2, -0.15) is 0 Å². The Morgan fingerprint density at radius 1 is 1.00 bits per heavy atom. The molecule has 124 valence electrons. The molecule has 1 amide bonds. The molecule has 0 aliphatic carbocycles. The standard InChI is InChI=1S/C19H19NO4/c1-22-15-9-7-14(8-10-15)20-17(19-23-11-12-24-19)16(18(20)21)13-5-3-2-4-6-13/h2-10,16-17,19H,11-12H2,1H3/t16-,17+/m0/s1. The highest BCUT2D eigenvalue weighted by Gasteiger charge is 2.54. The fourth-order valence-electron chi connectivity index (χ4n) is 3.40. The summed E-state index contributed by atoms with van der Waals surface area (Å²) >= 11 is 0. The van der Waals surface area contributed by atoms with Crippen molar-refractivity contribution >= 4 is 11.6 Å². The highest BCUT2D eigenvalue weighted by molar-refractivity contribution is 6.06. The number of β-lactam (4-membered cyclic amide) rings is 1. The van der Waals surface area contributed by atoms with Gasteiger partial charge in [-0.25, -0.2) is 0 Å². The number of anilines is 1. The molecule has 2 aromatic rings. The normalized spacial score (nSPS) is 24.0. The lowest BCUT2D eigenvalue weighted by atomic mass is 9.80. The van der Waals surface area contributed by atoms with Gasteiger partial charge in [-0.05, 0) is 29.8 Å². The Morgan fingerprint density at radius 2 is 1.67 bits per heavy atom. The quantitative estimate of drug-likeness (QED) is 0.811. The van der Waals surface area contributed by atoms with Crippen molar-refractivity contribution in [3.8, 4) is 5.75 Å². The largest absolute Gasteiger partial charge is 0.497 e. The van der Waals surface area contributed by atoms with E-state index in [-0.39, 0.29) is 17.9 Å². The highest BCUT2D eigenvalue weighted by Crippen LogP contribution is 2.42. The topological polar surface area (TPSA) is 48.0 Å². The van der Waals surface area contributed by atoms with E-state index in [1.54, 1.807) is 12.0 Å². The zero-order chi connectivity index (χ0) is 16.5. The van der Waals surface area contributed by atoms with E-state index in [9.17, 15) is 4.79 Å². The molecule has 0 spiro atoms. The molecule has 0 N–H and O–H groups in total. The van der Waals surface area contributed by atoms with Crippen LogP contribution in [-0.4, -0.2) is 38.6 Å². The minimum atomic E-state index is -0.394. The number of hydrogen-bond donors (Lipinski definition) is 0. The van der Waals surface area contributed by atoms with E-state index in [0.29, 0.717) is 13.2 Å². The summed E-state index contributed by atoms with van der Waals surface area (Å²) < 4.78 is 16.6. The molecule has 0 unspecified atom stereocenters. The molecule has 2 saturated heterocycles. The van der Waals surface area contributed by atoms with Gasteiger partial charge in [0.05, 0.1) is 26.2 Å². The molecule has 2 fully saturated rings. The van der Waals surface area contributed by atoms with Crippen molar-refractivity contribution in [2.24, 2.45) is 0 Å². The Labute approximate surface area is 140 Å². The Balaban J connectivity index is 1.66. The molecule has 24 heavy (non-hydrogen) atoms. The third-order valence-electron chi connectivity index (χ3n) is 4.58. The van der Waals surface area contributed by atoms with E-state index < -0.39 is 6.29 Å². The molecule has 2 aliphatic rings. The molecule has 4 rings (SSSR count). The fraction of sp³-hybridized carbons (Fsp3) is 0.316. The van der Waals surface area contributed by atoms with Gasteiger partial charge in [0.25, 0.3) is 0 Å². The molecule has 0 saturated carbocycles. The summed E-state index contributed by atoms with van der Waals surface area (Å²) in [6.45, 7) is 1.13. The van der Waals surface area contributed by atoms with E-state index in [1.165, 1.54) is 0 Å². The average molecular weight is 325 g/mol. The SMILES string of the molecule is COc1ccc(N2C(=O)[C@@H](c3ccccc3)[C@@H]2C2OCCO2)cc1. The zero-order valence-electron chi connectivity index (χ0n) is 13.4. The third kappa shape index (κ3) is 2.46. The summed E-state index contributed by atoms with van der Waals surface area (Å²) in [5.74, 6) is 0.586. The van der Waals surface area contributed by atoms with Crippen LogP contribution in [0.5, 0.6) is 5.75 Å². The van der Waals surface area contributed by atoms with Crippen molar-refractivity contribution in [1.29, 1.82) is 0 Å². The van der Waals surface area contributed by atoms with E-state index in [4.69, 9.17) is 14.2 Å². The lowest BCUT2D eigenvalue weighted by Crippen LogP contribution is -2.64. The van der Waals surface area contributed by atoms with Crippen LogP contribution in [0.15, 0.2) is 54.6 Å². The molecule has 0 bridgehead atoms. The number of carbonyl (C=O) groups excluding carboxylic acids is 1. The number of rotatable bonds is 4. The van der Waals surface area contributed by atoms with Crippen molar-refractivity contribution in [1.82, 2.24) is 0 Å². The first-order chi connectivity index (χ1) is 11.8. The molecule has 0 radical (unpaired) electrons. The van der Waals surface area contributed by atoms with Gasteiger partial charge >= 0.3 is 0 Å². The smallest absolute Gasteiger partial charge is 0.237 e. The van der Waals surface area contributed by atoms with Crippen LogP contribution in [0, 0.1) is 0 Å². The number of carbonyl (C=O) groups is 1. The van der Waals surface area contributed by atoms with E-state index in [0.717, 1.165) is 17.0 Å². The van der Waals surface area contributed by atoms with Crippen LogP contribution in [0.2, 0.25) is 0 Å². The molecular formula is C19H19NO4. The first kappa shape index (κ1) is 15.2.